The number of anilines is 1. The van der Waals surface area contributed by atoms with Crippen LogP contribution in [0.5, 0.6) is 0 Å². The van der Waals surface area contributed by atoms with E-state index >= 15 is 0 Å². The van der Waals surface area contributed by atoms with E-state index in [1.54, 1.807) is 24.3 Å². The van der Waals surface area contributed by atoms with Crippen molar-refractivity contribution < 1.29 is 13.2 Å². The fourth-order valence-corrected chi connectivity index (χ4v) is 3.99. The summed E-state index contributed by atoms with van der Waals surface area (Å²) >= 11 is 3.29. The van der Waals surface area contributed by atoms with Gasteiger partial charge in [-0.15, -0.1) is 0 Å². The Morgan fingerprint density at radius 3 is 2.42 bits per heavy atom. The standard InChI is InChI=1S/C18H16BrN3O3S/c19-14-5-7-15(8-6-14)22-26(24,25)16-4-1-3-13(11-16)17(23)21-18(12-20)9-2-10-18/h1,3-8,11,22H,2,9-10H2,(H,21,23). The Morgan fingerprint density at radius 1 is 1.15 bits per heavy atom. The van der Waals surface area contributed by atoms with Crippen molar-refractivity contribution in [3.05, 3.63) is 58.6 Å². The van der Waals surface area contributed by atoms with Crippen molar-refractivity contribution in [1.82, 2.24) is 5.32 Å². The summed E-state index contributed by atoms with van der Waals surface area (Å²) in [6.07, 6.45) is 2.11. The van der Waals surface area contributed by atoms with E-state index in [9.17, 15) is 18.5 Å². The van der Waals surface area contributed by atoms with Crippen molar-refractivity contribution in [3.63, 3.8) is 0 Å². The largest absolute Gasteiger partial charge is 0.334 e. The average Bonchev–Trinajstić information content (AvgIpc) is 2.60. The highest BCUT2D eigenvalue weighted by Crippen LogP contribution is 2.31. The number of carbonyl (C=O) groups excluding carboxylic acids is 1. The van der Waals surface area contributed by atoms with Gasteiger partial charge in [0.25, 0.3) is 15.9 Å². The van der Waals surface area contributed by atoms with Crippen molar-refractivity contribution in [2.24, 2.45) is 0 Å². The molecule has 0 aliphatic heterocycles. The predicted molar refractivity (Wildman–Crippen MR) is 101 cm³/mol. The second kappa shape index (κ2) is 7.09. The van der Waals surface area contributed by atoms with Gasteiger partial charge in [0.2, 0.25) is 0 Å². The summed E-state index contributed by atoms with van der Waals surface area (Å²) < 4.78 is 28.4. The number of sulfonamides is 1. The van der Waals surface area contributed by atoms with Gasteiger partial charge in [-0.25, -0.2) is 8.42 Å². The maximum atomic E-state index is 12.6. The fourth-order valence-electron chi connectivity index (χ4n) is 2.62. The maximum absolute atomic E-state index is 12.6. The zero-order valence-corrected chi connectivity index (χ0v) is 16.1. The van der Waals surface area contributed by atoms with Crippen LogP contribution in [-0.4, -0.2) is 19.9 Å². The first kappa shape index (κ1) is 18.4. The lowest BCUT2D eigenvalue weighted by atomic mass is 9.78. The number of halogens is 1. The molecular weight excluding hydrogens is 418 g/mol. The molecule has 0 bridgehead atoms. The van der Waals surface area contributed by atoms with Gasteiger partial charge < -0.3 is 5.32 Å². The topological polar surface area (TPSA) is 99.1 Å². The lowest BCUT2D eigenvalue weighted by Crippen LogP contribution is -2.52. The van der Waals surface area contributed by atoms with E-state index in [-0.39, 0.29) is 10.5 Å². The Morgan fingerprint density at radius 2 is 1.85 bits per heavy atom. The first-order valence-electron chi connectivity index (χ1n) is 7.96. The van der Waals surface area contributed by atoms with E-state index < -0.39 is 21.5 Å². The zero-order chi connectivity index (χ0) is 18.8. The molecule has 0 unspecified atom stereocenters. The molecule has 0 heterocycles. The molecule has 1 fully saturated rings. The van der Waals surface area contributed by atoms with E-state index in [0.29, 0.717) is 18.5 Å². The zero-order valence-electron chi connectivity index (χ0n) is 13.7. The molecule has 0 radical (unpaired) electrons. The van der Waals surface area contributed by atoms with Crippen LogP contribution in [0.3, 0.4) is 0 Å². The van der Waals surface area contributed by atoms with Crippen LogP contribution in [0.2, 0.25) is 0 Å². The molecule has 1 amide bonds. The number of hydrogen-bond acceptors (Lipinski definition) is 4. The first-order chi connectivity index (χ1) is 12.3. The summed E-state index contributed by atoms with van der Waals surface area (Å²) in [7, 11) is -3.83. The third-order valence-electron chi connectivity index (χ3n) is 4.28. The van der Waals surface area contributed by atoms with Crippen LogP contribution in [0.25, 0.3) is 0 Å². The summed E-state index contributed by atoms with van der Waals surface area (Å²) in [6.45, 7) is 0. The van der Waals surface area contributed by atoms with Gasteiger partial charge in [-0.1, -0.05) is 22.0 Å². The van der Waals surface area contributed by atoms with E-state index in [0.717, 1.165) is 10.9 Å². The van der Waals surface area contributed by atoms with E-state index in [2.05, 4.69) is 32.0 Å². The molecule has 2 N–H and O–H groups in total. The number of amides is 1. The molecule has 2 aromatic rings. The monoisotopic (exact) mass is 433 g/mol. The molecule has 0 aromatic heterocycles. The Balaban J connectivity index is 1.80. The highest BCUT2D eigenvalue weighted by molar-refractivity contribution is 9.10. The summed E-state index contributed by atoms with van der Waals surface area (Å²) in [5.41, 5.74) is -0.215. The van der Waals surface area contributed by atoms with Crippen LogP contribution in [0.1, 0.15) is 29.6 Å². The molecule has 0 spiro atoms. The van der Waals surface area contributed by atoms with Crippen LogP contribution in [0.4, 0.5) is 5.69 Å². The van der Waals surface area contributed by atoms with Crippen LogP contribution >= 0.6 is 15.9 Å². The number of rotatable bonds is 5. The fraction of sp³-hybridized carbons (Fsp3) is 0.222. The van der Waals surface area contributed by atoms with E-state index in [4.69, 9.17) is 0 Å². The van der Waals surface area contributed by atoms with Crippen molar-refractivity contribution in [3.8, 4) is 6.07 Å². The van der Waals surface area contributed by atoms with E-state index in [1.807, 2.05) is 0 Å². The Hall–Kier alpha value is -2.37. The Kier molecular flexibility index (Phi) is 5.03. The molecule has 6 nitrogen and oxygen atoms in total. The molecule has 0 saturated heterocycles. The summed E-state index contributed by atoms with van der Waals surface area (Å²) in [6, 6.07) is 14.6. The van der Waals surface area contributed by atoms with Gasteiger partial charge >= 0.3 is 0 Å². The maximum Gasteiger partial charge on any atom is 0.261 e. The second-order valence-corrected chi connectivity index (χ2v) is 8.74. The smallest absolute Gasteiger partial charge is 0.261 e. The Bertz CT molecular complexity index is 977. The SMILES string of the molecule is N#CC1(NC(=O)c2cccc(S(=O)(=O)Nc3ccc(Br)cc3)c2)CCC1. The average molecular weight is 434 g/mol. The minimum atomic E-state index is -3.83. The van der Waals surface area contributed by atoms with Crippen LogP contribution in [0, 0.1) is 11.3 Å². The molecule has 3 rings (SSSR count). The first-order valence-corrected chi connectivity index (χ1v) is 10.2. The molecule has 1 aliphatic carbocycles. The van der Waals surface area contributed by atoms with Gasteiger partial charge in [-0.2, -0.15) is 5.26 Å². The van der Waals surface area contributed by atoms with Gasteiger partial charge in [-0.3, -0.25) is 9.52 Å². The highest BCUT2D eigenvalue weighted by atomic mass is 79.9. The molecule has 134 valence electrons. The Labute approximate surface area is 160 Å². The normalized spacial score (nSPS) is 15.4. The van der Waals surface area contributed by atoms with Crippen LogP contribution < -0.4 is 10.0 Å². The molecule has 26 heavy (non-hydrogen) atoms. The molecule has 0 atom stereocenters. The second-order valence-electron chi connectivity index (χ2n) is 6.14. The lowest BCUT2D eigenvalue weighted by Gasteiger charge is -2.35. The van der Waals surface area contributed by atoms with E-state index in [1.165, 1.54) is 24.3 Å². The third kappa shape index (κ3) is 3.89. The van der Waals surface area contributed by atoms with Crippen molar-refractivity contribution in [1.29, 1.82) is 5.26 Å². The third-order valence-corrected chi connectivity index (χ3v) is 6.18. The number of nitrogens with one attached hydrogen (secondary N) is 2. The summed E-state index contributed by atoms with van der Waals surface area (Å²) in [5, 5.41) is 11.9. The number of nitrogens with zero attached hydrogens (tertiary/aromatic N) is 1. The number of hydrogen-bond donors (Lipinski definition) is 2. The molecule has 1 saturated carbocycles. The number of benzene rings is 2. The van der Waals surface area contributed by atoms with Crippen molar-refractivity contribution in [2.75, 3.05) is 4.72 Å². The van der Waals surface area contributed by atoms with Gasteiger partial charge in [-0.05, 0) is 61.7 Å². The molecular formula is C18H16BrN3O3S. The molecule has 1 aliphatic rings. The molecule has 2 aromatic carbocycles. The quantitative estimate of drug-likeness (QED) is 0.753. The van der Waals surface area contributed by atoms with Crippen LogP contribution in [0.15, 0.2) is 57.9 Å². The van der Waals surface area contributed by atoms with Crippen molar-refractivity contribution in [2.45, 2.75) is 29.7 Å². The van der Waals surface area contributed by atoms with Crippen molar-refractivity contribution >= 4 is 37.5 Å². The summed E-state index contributed by atoms with van der Waals surface area (Å²) in [4.78, 5) is 12.4. The van der Waals surface area contributed by atoms with Gasteiger partial charge in [0.05, 0.1) is 11.0 Å². The number of carbonyl (C=O) groups is 1. The van der Waals surface area contributed by atoms with Gasteiger partial charge in [0.1, 0.15) is 5.54 Å². The minimum absolute atomic E-state index is 0.0207. The number of nitriles is 1. The highest BCUT2D eigenvalue weighted by Gasteiger charge is 2.38. The predicted octanol–water partition coefficient (Wildman–Crippen LogP) is 3.43. The molecule has 8 heteroatoms. The van der Waals surface area contributed by atoms with Crippen LogP contribution in [-0.2, 0) is 10.0 Å². The lowest BCUT2D eigenvalue weighted by molar-refractivity contribution is 0.0881. The van der Waals surface area contributed by atoms with Gasteiger partial charge in [0.15, 0.2) is 0 Å². The van der Waals surface area contributed by atoms with Gasteiger partial charge in [0, 0.05) is 15.7 Å². The minimum Gasteiger partial charge on any atom is -0.334 e. The summed E-state index contributed by atoms with van der Waals surface area (Å²) in [5.74, 6) is -0.452.